The van der Waals surface area contributed by atoms with Gasteiger partial charge in [-0.3, -0.25) is 0 Å². The zero-order chi connectivity index (χ0) is 15.5. The smallest absolute Gasteiger partial charge is 0.244 e. The summed E-state index contributed by atoms with van der Waals surface area (Å²) in [6.07, 6.45) is 5.30. The molecule has 0 spiro atoms. The molecule has 0 aliphatic heterocycles. The molecule has 0 heterocycles. The number of thioether (sulfide) groups is 1. The minimum absolute atomic E-state index is 0.0474. The zero-order valence-electron chi connectivity index (χ0n) is 12.4. The Morgan fingerprint density at radius 1 is 1.43 bits per heavy atom. The van der Waals surface area contributed by atoms with Gasteiger partial charge in [0, 0.05) is 17.8 Å². The maximum atomic E-state index is 12.5. The lowest BCUT2D eigenvalue weighted by atomic mass is 9.84. The molecule has 0 amide bonds. The van der Waals surface area contributed by atoms with Crippen molar-refractivity contribution >= 4 is 21.8 Å². The van der Waals surface area contributed by atoms with Crippen LogP contribution in [0.15, 0.2) is 23.1 Å². The van der Waals surface area contributed by atoms with Gasteiger partial charge in [0.15, 0.2) is 0 Å². The highest BCUT2D eigenvalue weighted by atomic mass is 32.2. The number of methoxy groups -OCH3 is 1. The van der Waals surface area contributed by atoms with Crippen molar-refractivity contribution in [1.29, 1.82) is 0 Å². The van der Waals surface area contributed by atoms with Crippen molar-refractivity contribution < 1.29 is 13.2 Å². The van der Waals surface area contributed by atoms with E-state index in [1.165, 1.54) is 7.11 Å². The molecule has 1 fully saturated rings. The van der Waals surface area contributed by atoms with Gasteiger partial charge >= 0.3 is 0 Å². The molecule has 118 valence electrons. The van der Waals surface area contributed by atoms with E-state index in [1.54, 1.807) is 30.0 Å². The first-order valence-electron chi connectivity index (χ1n) is 6.88. The first kappa shape index (κ1) is 16.6. The van der Waals surface area contributed by atoms with Crippen molar-refractivity contribution in [2.75, 3.05) is 19.9 Å². The zero-order valence-corrected chi connectivity index (χ0v) is 14.0. The fourth-order valence-electron chi connectivity index (χ4n) is 2.39. The quantitative estimate of drug-likeness (QED) is 0.795. The lowest BCUT2D eigenvalue weighted by Crippen LogP contribution is -2.45. The third-order valence-corrected chi connectivity index (χ3v) is 6.88. The van der Waals surface area contributed by atoms with E-state index in [0.29, 0.717) is 18.8 Å². The van der Waals surface area contributed by atoms with Gasteiger partial charge in [0.2, 0.25) is 10.0 Å². The minimum Gasteiger partial charge on any atom is -0.495 e. The molecule has 0 unspecified atom stereocenters. The van der Waals surface area contributed by atoms with Crippen LogP contribution in [0.1, 0.15) is 24.8 Å². The molecular weight excluding hydrogens is 308 g/mol. The number of ether oxygens (including phenoxy) is 1. The molecule has 1 saturated carbocycles. The Hall–Kier alpha value is -0.760. The van der Waals surface area contributed by atoms with Crippen molar-refractivity contribution in [2.45, 2.75) is 35.4 Å². The van der Waals surface area contributed by atoms with E-state index in [2.05, 4.69) is 4.72 Å². The average Bonchev–Trinajstić information content (AvgIpc) is 2.45. The maximum Gasteiger partial charge on any atom is 0.244 e. The number of rotatable bonds is 7. The minimum atomic E-state index is -3.60. The van der Waals surface area contributed by atoms with Crippen LogP contribution >= 0.6 is 11.8 Å². The second kappa shape index (κ2) is 6.56. The molecule has 1 aliphatic carbocycles. The third kappa shape index (κ3) is 3.53. The van der Waals surface area contributed by atoms with Gasteiger partial charge in [-0.2, -0.15) is 11.8 Å². The van der Waals surface area contributed by atoms with E-state index in [4.69, 9.17) is 10.5 Å². The van der Waals surface area contributed by atoms with Crippen LogP contribution in [0.4, 0.5) is 0 Å². The van der Waals surface area contributed by atoms with Crippen LogP contribution in [0.25, 0.3) is 0 Å². The highest BCUT2D eigenvalue weighted by molar-refractivity contribution is 8.00. The fourth-order valence-corrected chi connectivity index (χ4v) is 4.74. The summed E-state index contributed by atoms with van der Waals surface area (Å²) in [4.78, 5) is 0.156. The van der Waals surface area contributed by atoms with E-state index in [-0.39, 0.29) is 9.64 Å². The predicted molar refractivity (Wildman–Crippen MR) is 86.2 cm³/mol. The molecule has 1 aromatic carbocycles. The summed E-state index contributed by atoms with van der Waals surface area (Å²) in [6.45, 7) is 0.744. The number of nitrogens with one attached hydrogen (secondary N) is 1. The van der Waals surface area contributed by atoms with Crippen molar-refractivity contribution in [3.05, 3.63) is 23.8 Å². The van der Waals surface area contributed by atoms with Gasteiger partial charge in [-0.15, -0.1) is 0 Å². The van der Waals surface area contributed by atoms with Gasteiger partial charge < -0.3 is 10.5 Å². The largest absolute Gasteiger partial charge is 0.495 e. The molecule has 0 radical (unpaired) electrons. The molecule has 0 saturated heterocycles. The molecule has 5 nitrogen and oxygen atoms in total. The summed E-state index contributed by atoms with van der Waals surface area (Å²) in [6, 6.07) is 4.99. The van der Waals surface area contributed by atoms with Crippen LogP contribution < -0.4 is 15.2 Å². The van der Waals surface area contributed by atoms with Crippen LogP contribution in [-0.4, -0.2) is 33.1 Å². The van der Waals surface area contributed by atoms with Gasteiger partial charge in [0.05, 0.1) is 7.11 Å². The van der Waals surface area contributed by atoms with Crippen LogP contribution in [0.2, 0.25) is 0 Å². The summed E-state index contributed by atoms with van der Waals surface area (Å²) in [5.41, 5.74) is 6.35. The molecule has 0 bridgehead atoms. The summed E-state index contributed by atoms with van der Waals surface area (Å²) >= 11 is 1.73. The van der Waals surface area contributed by atoms with Gasteiger partial charge in [-0.1, -0.05) is 12.5 Å². The summed E-state index contributed by atoms with van der Waals surface area (Å²) < 4.78 is 33.0. The van der Waals surface area contributed by atoms with Crippen LogP contribution in [0.3, 0.4) is 0 Å². The lowest BCUT2D eigenvalue weighted by Gasteiger charge is -2.40. The molecule has 1 aliphatic rings. The van der Waals surface area contributed by atoms with Crippen molar-refractivity contribution in [1.82, 2.24) is 4.72 Å². The number of benzene rings is 1. The Morgan fingerprint density at radius 3 is 2.62 bits per heavy atom. The van der Waals surface area contributed by atoms with Crippen LogP contribution in [0, 0.1) is 0 Å². The lowest BCUT2D eigenvalue weighted by molar-refractivity contribution is 0.361. The number of hydrogen-bond acceptors (Lipinski definition) is 5. The van der Waals surface area contributed by atoms with E-state index in [9.17, 15) is 8.42 Å². The molecule has 0 atom stereocenters. The highest BCUT2D eigenvalue weighted by Gasteiger charge is 2.37. The van der Waals surface area contributed by atoms with Gasteiger partial charge in [-0.25, -0.2) is 13.1 Å². The van der Waals surface area contributed by atoms with Crippen molar-refractivity contribution in [2.24, 2.45) is 5.73 Å². The SMILES string of the molecule is COc1ccc(CN)cc1S(=O)(=O)NCC1(SC)CCC1. The van der Waals surface area contributed by atoms with Gasteiger partial charge in [0.1, 0.15) is 10.6 Å². The van der Waals surface area contributed by atoms with Gasteiger partial charge in [0.25, 0.3) is 0 Å². The molecule has 7 heteroatoms. The molecule has 1 aromatic rings. The summed E-state index contributed by atoms with van der Waals surface area (Å²) in [5.74, 6) is 0.339. The van der Waals surface area contributed by atoms with E-state index >= 15 is 0 Å². The Kier molecular flexibility index (Phi) is 5.19. The standard InChI is InChI=1S/C14H22N2O3S2/c1-19-12-5-4-11(9-15)8-13(12)21(17,18)16-10-14(20-2)6-3-7-14/h4-5,8,16H,3,6-7,9-10,15H2,1-2H3. The molecule has 21 heavy (non-hydrogen) atoms. The second-order valence-corrected chi connectivity index (χ2v) is 8.26. The predicted octanol–water partition coefficient (Wildman–Crippen LogP) is 1.72. The van der Waals surface area contributed by atoms with Crippen LogP contribution in [-0.2, 0) is 16.6 Å². The van der Waals surface area contributed by atoms with Crippen molar-refractivity contribution in [3.63, 3.8) is 0 Å². The molecule has 3 N–H and O–H groups in total. The maximum absolute atomic E-state index is 12.5. The van der Waals surface area contributed by atoms with Crippen LogP contribution in [0.5, 0.6) is 5.75 Å². The number of sulfonamides is 1. The topological polar surface area (TPSA) is 81.4 Å². The normalized spacial score (nSPS) is 17.3. The Labute approximate surface area is 130 Å². The van der Waals surface area contributed by atoms with E-state index < -0.39 is 10.0 Å². The molecule has 2 rings (SSSR count). The number of nitrogens with two attached hydrogens (primary N) is 1. The highest BCUT2D eigenvalue weighted by Crippen LogP contribution is 2.42. The molecular formula is C14H22N2O3S2. The third-order valence-electron chi connectivity index (χ3n) is 4.04. The fraction of sp³-hybridized carbons (Fsp3) is 0.571. The summed E-state index contributed by atoms with van der Waals surface area (Å²) in [5, 5.41) is 0. The Bertz CT molecular complexity index is 593. The Morgan fingerprint density at radius 2 is 2.14 bits per heavy atom. The van der Waals surface area contributed by atoms with E-state index in [0.717, 1.165) is 24.8 Å². The monoisotopic (exact) mass is 330 g/mol. The van der Waals surface area contributed by atoms with E-state index in [1.807, 2.05) is 6.26 Å². The Balaban J connectivity index is 2.22. The molecule has 0 aromatic heterocycles. The second-order valence-electron chi connectivity index (χ2n) is 5.25. The first-order valence-corrected chi connectivity index (χ1v) is 9.59. The average molecular weight is 330 g/mol. The van der Waals surface area contributed by atoms with Crippen molar-refractivity contribution in [3.8, 4) is 5.75 Å². The summed E-state index contributed by atoms with van der Waals surface area (Å²) in [7, 11) is -2.13. The first-order chi connectivity index (χ1) is 9.96. The number of hydrogen-bond donors (Lipinski definition) is 2. The van der Waals surface area contributed by atoms with Gasteiger partial charge in [-0.05, 0) is 36.8 Å².